The van der Waals surface area contributed by atoms with Crippen LogP contribution in [0.1, 0.15) is 35.5 Å². The molecule has 0 fully saturated rings. The van der Waals surface area contributed by atoms with Crippen LogP contribution in [-0.2, 0) is 11.3 Å². The average Bonchev–Trinajstić information content (AvgIpc) is 3.18. The first kappa shape index (κ1) is 22.3. The van der Waals surface area contributed by atoms with E-state index in [0.717, 1.165) is 22.5 Å². The molecule has 4 aromatic rings. The summed E-state index contributed by atoms with van der Waals surface area (Å²) >= 11 is 0. The Morgan fingerprint density at radius 3 is 2.52 bits per heavy atom. The zero-order valence-electron chi connectivity index (χ0n) is 19.4. The Balaban J connectivity index is 1.64. The van der Waals surface area contributed by atoms with E-state index in [9.17, 15) is 9.59 Å². The minimum absolute atomic E-state index is 0.299. The predicted octanol–water partition coefficient (Wildman–Crippen LogP) is 3.39. The minimum Gasteiger partial charge on any atom is -0.497 e. The highest BCUT2D eigenvalue weighted by atomic mass is 16.5. The van der Waals surface area contributed by atoms with Crippen molar-refractivity contribution >= 4 is 16.8 Å². The largest absolute Gasteiger partial charge is 0.497 e. The van der Waals surface area contributed by atoms with E-state index < -0.39 is 11.6 Å². The number of nitrogens with one attached hydrogen (secondary N) is 1. The number of nitrogens with zero attached hydrogens (tertiary/aromatic N) is 4. The molecule has 0 radical (unpaired) electrons. The van der Waals surface area contributed by atoms with Gasteiger partial charge in [0.15, 0.2) is 5.52 Å². The summed E-state index contributed by atoms with van der Waals surface area (Å²) in [4.78, 5) is 26.1. The second kappa shape index (κ2) is 8.90. The smallest absolute Gasteiger partial charge is 0.295 e. The lowest BCUT2D eigenvalue weighted by Gasteiger charge is -2.15. The topological polar surface area (TPSA) is 91.0 Å². The van der Waals surface area contributed by atoms with Crippen LogP contribution in [0, 0.1) is 20.8 Å². The van der Waals surface area contributed by atoms with Gasteiger partial charge in [-0.25, -0.2) is 9.36 Å². The van der Waals surface area contributed by atoms with E-state index in [1.807, 2.05) is 69.3 Å². The number of methoxy groups -OCH3 is 1. The van der Waals surface area contributed by atoms with Crippen LogP contribution in [0.4, 0.5) is 0 Å². The van der Waals surface area contributed by atoms with Crippen LogP contribution in [0.15, 0.2) is 53.3 Å². The van der Waals surface area contributed by atoms with Crippen LogP contribution in [-0.4, -0.2) is 32.6 Å². The highest BCUT2D eigenvalue weighted by Gasteiger charge is 2.23. The fourth-order valence-electron chi connectivity index (χ4n) is 3.88. The molecule has 8 nitrogen and oxygen atoms in total. The maximum atomic E-state index is 13.3. The van der Waals surface area contributed by atoms with E-state index in [1.165, 1.54) is 4.68 Å². The summed E-state index contributed by atoms with van der Waals surface area (Å²) in [5.41, 5.74) is 4.29. The Morgan fingerprint density at radius 2 is 1.82 bits per heavy atom. The number of carbonyl (C=O) groups is 1. The summed E-state index contributed by atoms with van der Waals surface area (Å²) < 4.78 is 8.18. The van der Waals surface area contributed by atoms with Crippen molar-refractivity contribution in [2.75, 3.05) is 7.11 Å². The number of hydrogen-bond acceptors (Lipinski definition) is 5. The predicted molar refractivity (Wildman–Crippen MR) is 127 cm³/mol. The van der Waals surface area contributed by atoms with Gasteiger partial charge in [-0.15, -0.1) is 0 Å². The van der Waals surface area contributed by atoms with Crippen LogP contribution >= 0.6 is 0 Å². The van der Waals surface area contributed by atoms with Crippen molar-refractivity contribution in [1.82, 2.24) is 24.9 Å². The summed E-state index contributed by atoms with van der Waals surface area (Å²) in [6.07, 6.45) is 0. The first-order valence-electron chi connectivity index (χ1n) is 10.8. The molecule has 1 amide bonds. The summed E-state index contributed by atoms with van der Waals surface area (Å²) in [5.74, 6) is 0.411. The van der Waals surface area contributed by atoms with E-state index in [4.69, 9.17) is 4.74 Å². The van der Waals surface area contributed by atoms with Crippen molar-refractivity contribution in [1.29, 1.82) is 0 Å². The van der Waals surface area contributed by atoms with E-state index in [1.54, 1.807) is 18.7 Å². The average molecular weight is 446 g/mol. The number of aryl methyl sites for hydroxylation is 3. The maximum Gasteiger partial charge on any atom is 0.295 e. The summed E-state index contributed by atoms with van der Waals surface area (Å²) in [6, 6.07) is 14.6. The van der Waals surface area contributed by atoms with Gasteiger partial charge >= 0.3 is 0 Å². The van der Waals surface area contributed by atoms with E-state index >= 15 is 0 Å². The molecule has 0 unspecified atom stereocenters. The normalized spacial score (nSPS) is 12.0. The fourth-order valence-corrected chi connectivity index (χ4v) is 3.88. The van der Waals surface area contributed by atoms with Crippen molar-refractivity contribution in [3.05, 3.63) is 81.4 Å². The zero-order chi connectivity index (χ0) is 23.7. The van der Waals surface area contributed by atoms with Crippen molar-refractivity contribution < 1.29 is 9.53 Å². The third-order valence-electron chi connectivity index (χ3n) is 5.77. The Hall–Kier alpha value is -3.94. The fraction of sp³-hybridized carbons (Fsp3) is 0.280. The van der Waals surface area contributed by atoms with Gasteiger partial charge in [0, 0.05) is 6.54 Å². The lowest BCUT2D eigenvalue weighted by Crippen LogP contribution is -2.37. The molecule has 2 heterocycles. The van der Waals surface area contributed by atoms with Crippen LogP contribution in [0.2, 0.25) is 0 Å². The number of aromatic nitrogens is 4. The van der Waals surface area contributed by atoms with Gasteiger partial charge in [-0.05, 0) is 57.5 Å². The summed E-state index contributed by atoms with van der Waals surface area (Å²) in [5, 5.41) is 12.6. The van der Waals surface area contributed by atoms with Crippen LogP contribution in [0.5, 0.6) is 5.75 Å². The Bertz CT molecular complexity index is 1390. The number of benzene rings is 2. The lowest BCUT2D eigenvalue weighted by molar-refractivity contribution is -0.124. The second-order valence-corrected chi connectivity index (χ2v) is 8.14. The molecule has 170 valence electrons. The number of amides is 1. The third kappa shape index (κ3) is 4.24. The number of fused-ring (bicyclic) bond motifs is 1. The Labute approximate surface area is 191 Å². The molecule has 0 aliphatic carbocycles. The summed E-state index contributed by atoms with van der Waals surface area (Å²) in [7, 11) is 1.60. The van der Waals surface area contributed by atoms with Gasteiger partial charge in [0.05, 0.1) is 29.6 Å². The van der Waals surface area contributed by atoms with Gasteiger partial charge in [0.2, 0.25) is 5.91 Å². The lowest BCUT2D eigenvalue weighted by atomic mass is 10.2. The quantitative estimate of drug-likeness (QED) is 0.491. The molecule has 2 aromatic heterocycles. The Kier molecular flexibility index (Phi) is 6.00. The van der Waals surface area contributed by atoms with Gasteiger partial charge in [0.25, 0.3) is 5.56 Å². The monoisotopic (exact) mass is 445 g/mol. The van der Waals surface area contributed by atoms with Gasteiger partial charge in [0.1, 0.15) is 11.8 Å². The van der Waals surface area contributed by atoms with Gasteiger partial charge in [-0.1, -0.05) is 29.8 Å². The van der Waals surface area contributed by atoms with E-state index in [-0.39, 0.29) is 5.91 Å². The molecular formula is C25H27N5O3. The summed E-state index contributed by atoms with van der Waals surface area (Å²) in [6.45, 7) is 7.73. The molecular weight excluding hydrogens is 418 g/mol. The van der Waals surface area contributed by atoms with Crippen LogP contribution in [0.25, 0.3) is 16.6 Å². The standard InChI is InChI=1S/C25H27N5O3/c1-15-9-11-20(12-10-15)29-17(3)22-16(2)27-30(25(32)23(22)28-29)18(4)24(31)26-14-19-7-6-8-21(13-19)33-5/h6-13,18H,14H2,1-5H3,(H,26,31)/t18-/m1/s1. The molecule has 0 aliphatic heterocycles. The van der Waals surface area contributed by atoms with Crippen molar-refractivity contribution in [3.8, 4) is 11.4 Å². The molecule has 0 saturated carbocycles. The van der Waals surface area contributed by atoms with Gasteiger partial charge in [-0.2, -0.15) is 10.2 Å². The molecule has 4 rings (SSSR count). The molecule has 0 bridgehead atoms. The number of rotatable bonds is 6. The molecule has 33 heavy (non-hydrogen) atoms. The maximum absolute atomic E-state index is 13.3. The van der Waals surface area contributed by atoms with E-state index in [2.05, 4.69) is 15.5 Å². The second-order valence-electron chi connectivity index (χ2n) is 8.14. The molecule has 2 aromatic carbocycles. The highest BCUT2D eigenvalue weighted by Crippen LogP contribution is 2.22. The van der Waals surface area contributed by atoms with Crippen LogP contribution < -0.4 is 15.6 Å². The number of hydrogen-bond donors (Lipinski definition) is 1. The minimum atomic E-state index is -0.795. The number of ether oxygens (including phenoxy) is 1. The zero-order valence-corrected chi connectivity index (χ0v) is 19.4. The van der Waals surface area contributed by atoms with Gasteiger partial charge in [-0.3, -0.25) is 9.59 Å². The third-order valence-corrected chi connectivity index (χ3v) is 5.77. The first-order chi connectivity index (χ1) is 15.8. The van der Waals surface area contributed by atoms with Crippen molar-refractivity contribution in [2.24, 2.45) is 0 Å². The molecule has 1 atom stereocenters. The molecule has 0 aliphatic rings. The SMILES string of the molecule is COc1cccc(CNC(=O)[C@@H](C)n2nc(C)c3c(C)n(-c4ccc(C)cc4)nc3c2=O)c1. The molecule has 1 N–H and O–H groups in total. The van der Waals surface area contributed by atoms with Crippen molar-refractivity contribution in [2.45, 2.75) is 40.3 Å². The highest BCUT2D eigenvalue weighted by molar-refractivity contribution is 5.84. The molecule has 0 saturated heterocycles. The number of carbonyl (C=O) groups excluding carboxylic acids is 1. The molecule has 8 heteroatoms. The Morgan fingerprint density at radius 1 is 1.09 bits per heavy atom. The van der Waals surface area contributed by atoms with E-state index in [0.29, 0.717) is 28.9 Å². The van der Waals surface area contributed by atoms with Crippen LogP contribution in [0.3, 0.4) is 0 Å². The first-order valence-corrected chi connectivity index (χ1v) is 10.8. The van der Waals surface area contributed by atoms with Crippen molar-refractivity contribution in [3.63, 3.8) is 0 Å². The van der Waals surface area contributed by atoms with Gasteiger partial charge < -0.3 is 10.1 Å². The molecule has 0 spiro atoms.